The van der Waals surface area contributed by atoms with Crippen molar-refractivity contribution in [3.63, 3.8) is 0 Å². The Hall–Kier alpha value is -2.24. The van der Waals surface area contributed by atoms with E-state index in [1.807, 2.05) is 55.0 Å². The van der Waals surface area contributed by atoms with Crippen molar-refractivity contribution in [2.45, 2.75) is 59.9 Å². The van der Waals surface area contributed by atoms with Crippen LogP contribution in [0, 0.1) is 11.3 Å². The highest BCUT2D eigenvalue weighted by Gasteiger charge is 2.31. The molecule has 1 aliphatic rings. The van der Waals surface area contributed by atoms with Crippen molar-refractivity contribution in [1.82, 2.24) is 24.6 Å². The van der Waals surface area contributed by atoms with E-state index in [0.717, 1.165) is 62.4 Å². The SMILES string of the molecule is CCCn1nccc1-c1cnc(C[C@H]2CCCN(C(=O)C(C)(C)C)C2)cn1. The second-order valence-electron chi connectivity index (χ2n) is 8.55. The number of hydrogen-bond acceptors (Lipinski definition) is 4. The standard InChI is InChI=1S/C21H31N5O/c1-5-10-26-19(8-9-24-26)18-14-22-17(13-23-18)12-16-7-6-11-25(15-16)20(27)21(2,3)4/h8-9,13-14,16H,5-7,10-12,15H2,1-4H3/t16-/m1/s1. The maximum absolute atomic E-state index is 12.6. The van der Waals surface area contributed by atoms with Gasteiger partial charge in [0.1, 0.15) is 5.69 Å². The molecule has 0 aromatic carbocycles. The Labute approximate surface area is 162 Å². The maximum atomic E-state index is 12.6. The van der Waals surface area contributed by atoms with E-state index < -0.39 is 0 Å². The second kappa shape index (κ2) is 8.19. The van der Waals surface area contributed by atoms with Gasteiger partial charge in [-0.05, 0) is 37.7 Å². The molecule has 3 heterocycles. The lowest BCUT2D eigenvalue weighted by Gasteiger charge is -2.36. The van der Waals surface area contributed by atoms with E-state index in [-0.39, 0.29) is 11.3 Å². The second-order valence-corrected chi connectivity index (χ2v) is 8.55. The zero-order valence-corrected chi connectivity index (χ0v) is 17.0. The molecule has 0 N–H and O–H groups in total. The average Bonchev–Trinajstić information content (AvgIpc) is 3.10. The van der Waals surface area contributed by atoms with Crippen molar-refractivity contribution < 1.29 is 4.79 Å². The van der Waals surface area contributed by atoms with Gasteiger partial charge in [0.05, 0.1) is 17.6 Å². The van der Waals surface area contributed by atoms with Gasteiger partial charge < -0.3 is 4.90 Å². The van der Waals surface area contributed by atoms with Gasteiger partial charge in [-0.25, -0.2) is 0 Å². The van der Waals surface area contributed by atoms with Gasteiger partial charge >= 0.3 is 0 Å². The van der Waals surface area contributed by atoms with Gasteiger partial charge in [0.15, 0.2) is 0 Å². The largest absolute Gasteiger partial charge is 0.342 e. The molecule has 1 atom stereocenters. The molecule has 3 rings (SSSR count). The Balaban J connectivity index is 1.64. The fraction of sp³-hybridized carbons (Fsp3) is 0.619. The molecule has 1 fully saturated rings. The lowest BCUT2D eigenvalue weighted by molar-refractivity contribution is -0.141. The average molecular weight is 370 g/mol. The number of nitrogens with zero attached hydrogens (tertiary/aromatic N) is 5. The van der Waals surface area contributed by atoms with Crippen LogP contribution in [0.4, 0.5) is 0 Å². The molecule has 0 unspecified atom stereocenters. The minimum absolute atomic E-state index is 0.248. The molecule has 27 heavy (non-hydrogen) atoms. The first-order chi connectivity index (χ1) is 12.9. The molecular weight excluding hydrogens is 338 g/mol. The monoisotopic (exact) mass is 369 g/mol. The predicted octanol–water partition coefficient (Wildman–Crippen LogP) is 3.58. The molecule has 0 aliphatic carbocycles. The Morgan fingerprint density at radius 3 is 2.74 bits per heavy atom. The molecule has 0 spiro atoms. The third kappa shape index (κ3) is 4.73. The number of hydrogen-bond donors (Lipinski definition) is 0. The van der Waals surface area contributed by atoms with Crippen LogP contribution in [0.2, 0.25) is 0 Å². The van der Waals surface area contributed by atoms with Crippen molar-refractivity contribution in [3.05, 3.63) is 30.4 Å². The highest BCUT2D eigenvalue weighted by atomic mass is 16.2. The molecule has 2 aromatic heterocycles. The molecule has 146 valence electrons. The molecule has 1 saturated heterocycles. The minimum Gasteiger partial charge on any atom is -0.342 e. The number of piperidine rings is 1. The molecular formula is C21H31N5O. The number of rotatable bonds is 5. The van der Waals surface area contributed by atoms with E-state index in [9.17, 15) is 4.79 Å². The van der Waals surface area contributed by atoms with Gasteiger partial charge in [-0.1, -0.05) is 27.7 Å². The zero-order chi connectivity index (χ0) is 19.4. The maximum Gasteiger partial charge on any atom is 0.227 e. The van der Waals surface area contributed by atoms with E-state index in [4.69, 9.17) is 0 Å². The summed E-state index contributed by atoms with van der Waals surface area (Å²) in [6.07, 6.45) is 9.64. The Morgan fingerprint density at radius 2 is 2.07 bits per heavy atom. The third-order valence-corrected chi connectivity index (χ3v) is 5.07. The highest BCUT2D eigenvalue weighted by molar-refractivity contribution is 5.81. The number of carbonyl (C=O) groups is 1. The van der Waals surface area contributed by atoms with Gasteiger partial charge in [-0.2, -0.15) is 5.10 Å². The first-order valence-corrected chi connectivity index (χ1v) is 10.0. The summed E-state index contributed by atoms with van der Waals surface area (Å²) in [5.41, 5.74) is 2.55. The van der Waals surface area contributed by atoms with Crippen LogP contribution < -0.4 is 0 Å². The highest BCUT2D eigenvalue weighted by Crippen LogP contribution is 2.25. The van der Waals surface area contributed by atoms with Crippen LogP contribution in [0.25, 0.3) is 11.4 Å². The topological polar surface area (TPSA) is 63.9 Å². The van der Waals surface area contributed by atoms with E-state index >= 15 is 0 Å². The summed E-state index contributed by atoms with van der Waals surface area (Å²) in [6, 6.07) is 1.98. The summed E-state index contributed by atoms with van der Waals surface area (Å²) in [7, 11) is 0. The number of likely N-dealkylation sites (tertiary alicyclic amines) is 1. The van der Waals surface area contributed by atoms with E-state index in [1.54, 1.807) is 0 Å². The summed E-state index contributed by atoms with van der Waals surface area (Å²) >= 11 is 0. The summed E-state index contributed by atoms with van der Waals surface area (Å²) in [5.74, 6) is 0.702. The summed E-state index contributed by atoms with van der Waals surface area (Å²) in [4.78, 5) is 23.9. The van der Waals surface area contributed by atoms with Crippen molar-refractivity contribution in [1.29, 1.82) is 0 Å². The van der Waals surface area contributed by atoms with Gasteiger partial charge in [0.2, 0.25) is 5.91 Å². The molecule has 0 radical (unpaired) electrons. The van der Waals surface area contributed by atoms with E-state index in [1.165, 1.54) is 0 Å². The van der Waals surface area contributed by atoms with Crippen molar-refractivity contribution in [2.75, 3.05) is 13.1 Å². The quantitative estimate of drug-likeness (QED) is 0.808. The molecule has 1 aliphatic heterocycles. The summed E-state index contributed by atoms with van der Waals surface area (Å²) in [6.45, 7) is 10.7. The number of aryl methyl sites for hydroxylation is 1. The third-order valence-electron chi connectivity index (χ3n) is 5.07. The smallest absolute Gasteiger partial charge is 0.227 e. The minimum atomic E-state index is -0.315. The number of carbonyl (C=O) groups excluding carboxylic acids is 1. The fourth-order valence-corrected chi connectivity index (χ4v) is 3.72. The van der Waals surface area contributed by atoms with E-state index in [2.05, 4.69) is 22.0 Å². The molecule has 2 aromatic rings. The zero-order valence-electron chi connectivity index (χ0n) is 17.0. The van der Waals surface area contributed by atoms with Crippen molar-refractivity contribution in [2.24, 2.45) is 11.3 Å². The van der Waals surface area contributed by atoms with Crippen LogP contribution in [-0.2, 0) is 17.8 Å². The Kier molecular flexibility index (Phi) is 5.92. The summed E-state index contributed by atoms with van der Waals surface area (Å²) < 4.78 is 1.97. The predicted molar refractivity (Wildman–Crippen MR) is 106 cm³/mol. The van der Waals surface area contributed by atoms with Crippen LogP contribution in [0.1, 0.15) is 52.7 Å². The number of amides is 1. The molecule has 6 nitrogen and oxygen atoms in total. The lowest BCUT2D eigenvalue weighted by Crippen LogP contribution is -2.45. The van der Waals surface area contributed by atoms with Crippen molar-refractivity contribution >= 4 is 5.91 Å². The normalized spacial score (nSPS) is 17.9. The number of aromatic nitrogens is 4. The van der Waals surface area contributed by atoms with Gasteiger partial charge in [-0.15, -0.1) is 0 Å². The van der Waals surface area contributed by atoms with Crippen LogP contribution in [0.3, 0.4) is 0 Å². The first-order valence-electron chi connectivity index (χ1n) is 10.0. The Morgan fingerprint density at radius 1 is 1.26 bits per heavy atom. The summed E-state index contributed by atoms with van der Waals surface area (Å²) in [5, 5.41) is 4.35. The first kappa shape index (κ1) is 19.5. The fourth-order valence-electron chi connectivity index (χ4n) is 3.72. The van der Waals surface area contributed by atoms with Gasteiger partial charge in [0, 0.05) is 37.4 Å². The van der Waals surface area contributed by atoms with Crippen LogP contribution >= 0.6 is 0 Å². The molecule has 0 bridgehead atoms. The molecule has 0 saturated carbocycles. The molecule has 6 heteroatoms. The van der Waals surface area contributed by atoms with E-state index in [0.29, 0.717) is 5.92 Å². The van der Waals surface area contributed by atoms with Crippen LogP contribution in [0.15, 0.2) is 24.7 Å². The van der Waals surface area contributed by atoms with Crippen LogP contribution in [-0.4, -0.2) is 43.6 Å². The molecule has 1 amide bonds. The van der Waals surface area contributed by atoms with Gasteiger partial charge in [0.25, 0.3) is 0 Å². The van der Waals surface area contributed by atoms with Gasteiger partial charge in [-0.3, -0.25) is 19.4 Å². The lowest BCUT2D eigenvalue weighted by atomic mass is 9.89. The van der Waals surface area contributed by atoms with Crippen molar-refractivity contribution in [3.8, 4) is 11.4 Å². The van der Waals surface area contributed by atoms with Crippen LogP contribution in [0.5, 0.6) is 0 Å². The Bertz CT molecular complexity index is 760.